The molecule has 4 aromatic carbocycles. The van der Waals surface area contributed by atoms with Crippen LogP contribution in [0.4, 0.5) is 0 Å². The van der Waals surface area contributed by atoms with E-state index in [1.165, 1.54) is 16.2 Å². The fraction of sp³-hybridized carbons (Fsp3) is 0. The van der Waals surface area contributed by atoms with Gasteiger partial charge in [0.15, 0.2) is 0 Å². The average Bonchev–Trinajstić information content (AvgIpc) is 2.68. The second-order valence-corrected chi connectivity index (χ2v) is 6.41. The number of rotatable bonds is 1. The summed E-state index contributed by atoms with van der Waals surface area (Å²) >= 11 is 0. The van der Waals surface area contributed by atoms with Crippen LogP contribution in [0.2, 0.25) is 0 Å². The lowest BCUT2D eigenvalue weighted by atomic mass is 9.93. The van der Waals surface area contributed by atoms with Crippen LogP contribution < -0.4 is 5.46 Å². The van der Waals surface area contributed by atoms with Gasteiger partial charge >= 0.3 is 0 Å². The molecule has 0 fully saturated rings. The Morgan fingerprint density at radius 3 is 1.96 bits per heavy atom. The van der Waals surface area contributed by atoms with Crippen molar-refractivity contribution in [1.29, 1.82) is 0 Å². The first kappa shape index (κ1) is 14.2. The van der Waals surface area contributed by atoms with Crippen LogP contribution in [0.3, 0.4) is 0 Å². The van der Waals surface area contributed by atoms with Crippen molar-refractivity contribution in [2.75, 3.05) is 0 Å². The van der Waals surface area contributed by atoms with Crippen molar-refractivity contribution in [1.82, 2.24) is 9.97 Å². The maximum absolute atomic E-state index is 5.00. The van der Waals surface area contributed by atoms with Crippen LogP contribution in [-0.2, 0) is 0 Å². The smallest absolute Gasteiger partial charge is 0.139 e. The van der Waals surface area contributed by atoms with E-state index in [9.17, 15) is 0 Å². The molecule has 0 radical (unpaired) electrons. The maximum atomic E-state index is 5.00. The van der Waals surface area contributed by atoms with Gasteiger partial charge in [0.05, 0.1) is 22.9 Å². The molecule has 0 unspecified atom stereocenters. The highest BCUT2D eigenvalue weighted by molar-refractivity contribution is 6.32. The third-order valence-corrected chi connectivity index (χ3v) is 4.74. The molecule has 0 bridgehead atoms. The Morgan fingerprint density at radius 2 is 1.28 bits per heavy atom. The molecule has 25 heavy (non-hydrogen) atoms. The van der Waals surface area contributed by atoms with Crippen molar-refractivity contribution in [2.45, 2.75) is 0 Å². The third-order valence-electron chi connectivity index (χ3n) is 4.74. The molecule has 0 aliphatic carbocycles. The van der Waals surface area contributed by atoms with Gasteiger partial charge in [-0.05, 0) is 10.8 Å². The molecule has 5 rings (SSSR count). The van der Waals surface area contributed by atoms with E-state index in [1.54, 1.807) is 0 Å². The summed E-state index contributed by atoms with van der Waals surface area (Å²) in [5.74, 6) is 0. The van der Waals surface area contributed by atoms with E-state index >= 15 is 0 Å². The first-order valence-electron chi connectivity index (χ1n) is 8.44. The van der Waals surface area contributed by atoms with Crippen LogP contribution in [0.1, 0.15) is 0 Å². The Kier molecular flexibility index (Phi) is 3.07. The van der Waals surface area contributed by atoms with E-state index in [1.807, 2.05) is 6.20 Å². The predicted octanol–water partition coefficient (Wildman–Crippen LogP) is 3.86. The second kappa shape index (κ2) is 5.42. The molecule has 0 aliphatic rings. The summed E-state index contributed by atoms with van der Waals surface area (Å²) in [6.07, 6.45) is 1.89. The number of nitrogens with zero attached hydrogens (tertiary/aromatic N) is 2. The monoisotopic (exact) mass is 318 g/mol. The molecule has 2 nitrogen and oxygen atoms in total. The van der Waals surface area contributed by atoms with Crippen LogP contribution in [0.25, 0.3) is 43.8 Å². The summed E-state index contributed by atoms with van der Waals surface area (Å²) in [6, 6.07) is 25.3. The standard InChI is InChI=1S/C22H15BN2/c23-15-7-5-6-14(12-15)20-13-24-21-18-10-3-1-8-16(18)17-9-2-4-11-19(17)22(21)25-20/h1-13H,23H2. The largest absolute Gasteiger partial charge is 0.252 e. The van der Waals surface area contributed by atoms with Crippen molar-refractivity contribution in [3.8, 4) is 11.3 Å². The van der Waals surface area contributed by atoms with E-state index in [4.69, 9.17) is 9.97 Å². The Hall–Kier alpha value is -3.20. The lowest BCUT2D eigenvalue weighted by molar-refractivity contribution is 1.31. The van der Waals surface area contributed by atoms with Gasteiger partial charge in [0.25, 0.3) is 0 Å². The summed E-state index contributed by atoms with van der Waals surface area (Å²) in [4.78, 5) is 9.81. The molecular weight excluding hydrogens is 303 g/mol. The molecule has 0 saturated heterocycles. The van der Waals surface area contributed by atoms with Gasteiger partial charge < -0.3 is 0 Å². The Morgan fingerprint density at radius 1 is 0.640 bits per heavy atom. The number of hydrogen-bond donors (Lipinski definition) is 0. The zero-order valence-corrected chi connectivity index (χ0v) is 13.9. The van der Waals surface area contributed by atoms with Gasteiger partial charge in [-0.2, -0.15) is 0 Å². The summed E-state index contributed by atoms with van der Waals surface area (Å²) < 4.78 is 0. The molecule has 0 atom stereocenters. The molecule has 0 saturated carbocycles. The van der Waals surface area contributed by atoms with Gasteiger partial charge in [-0.15, -0.1) is 0 Å². The minimum atomic E-state index is 0.914. The van der Waals surface area contributed by atoms with Crippen LogP contribution in [0, 0.1) is 0 Å². The molecule has 5 aromatic rings. The van der Waals surface area contributed by atoms with Gasteiger partial charge in [0, 0.05) is 16.3 Å². The highest BCUT2D eigenvalue weighted by Gasteiger charge is 2.11. The van der Waals surface area contributed by atoms with Crippen molar-refractivity contribution in [2.24, 2.45) is 0 Å². The van der Waals surface area contributed by atoms with Gasteiger partial charge in [-0.1, -0.05) is 78.3 Å². The van der Waals surface area contributed by atoms with Gasteiger partial charge in [-0.25, -0.2) is 4.98 Å². The Labute approximate surface area is 146 Å². The molecule has 1 aromatic heterocycles. The second-order valence-electron chi connectivity index (χ2n) is 6.41. The fourth-order valence-corrected chi connectivity index (χ4v) is 3.57. The fourth-order valence-electron chi connectivity index (χ4n) is 3.57. The zero-order valence-electron chi connectivity index (χ0n) is 13.9. The topological polar surface area (TPSA) is 25.8 Å². The van der Waals surface area contributed by atoms with Gasteiger partial charge in [0.2, 0.25) is 0 Å². The Balaban J connectivity index is 1.93. The molecule has 0 aliphatic heterocycles. The Bertz CT molecular complexity index is 1230. The number of fused-ring (bicyclic) bond motifs is 6. The van der Waals surface area contributed by atoms with E-state index < -0.39 is 0 Å². The minimum absolute atomic E-state index is 0.914. The quantitative estimate of drug-likeness (QED) is 0.346. The van der Waals surface area contributed by atoms with E-state index in [0.29, 0.717) is 0 Å². The van der Waals surface area contributed by atoms with E-state index in [0.717, 1.165) is 33.1 Å². The lowest BCUT2D eigenvalue weighted by Crippen LogP contribution is -2.01. The van der Waals surface area contributed by atoms with Gasteiger partial charge in [0.1, 0.15) is 7.85 Å². The average molecular weight is 318 g/mol. The molecule has 116 valence electrons. The van der Waals surface area contributed by atoms with Crippen LogP contribution >= 0.6 is 0 Å². The predicted molar refractivity (Wildman–Crippen MR) is 108 cm³/mol. The molecule has 0 spiro atoms. The zero-order chi connectivity index (χ0) is 16.8. The number of hydrogen-bond acceptors (Lipinski definition) is 2. The van der Waals surface area contributed by atoms with Crippen LogP contribution in [-0.4, -0.2) is 17.8 Å². The third kappa shape index (κ3) is 2.20. The highest BCUT2D eigenvalue weighted by atomic mass is 14.8. The number of aromatic nitrogens is 2. The van der Waals surface area contributed by atoms with Crippen LogP contribution in [0.5, 0.6) is 0 Å². The maximum Gasteiger partial charge on any atom is 0.139 e. The summed E-state index contributed by atoms with van der Waals surface area (Å²) in [7, 11) is 2.10. The van der Waals surface area contributed by atoms with Gasteiger partial charge in [-0.3, -0.25) is 4.98 Å². The van der Waals surface area contributed by atoms with Crippen molar-refractivity contribution in [3.05, 3.63) is 79.0 Å². The molecular formula is C22H15BN2. The SMILES string of the molecule is Bc1cccc(-c2cnc3c4ccccc4c4ccccc4c3n2)c1. The molecule has 1 heterocycles. The minimum Gasteiger partial charge on any atom is -0.252 e. The van der Waals surface area contributed by atoms with Crippen LogP contribution in [0.15, 0.2) is 79.0 Å². The summed E-state index contributed by atoms with van der Waals surface area (Å²) in [5, 5.41) is 4.75. The first-order valence-corrected chi connectivity index (χ1v) is 8.44. The normalized spacial score (nSPS) is 11.4. The number of benzene rings is 4. The lowest BCUT2D eigenvalue weighted by Gasteiger charge is -2.10. The molecule has 0 amide bonds. The van der Waals surface area contributed by atoms with Crippen molar-refractivity contribution < 1.29 is 0 Å². The summed E-state index contributed by atoms with van der Waals surface area (Å²) in [6.45, 7) is 0. The van der Waals surface area contributed by atoms with Crippen molar-refractivity contribution in [3.63, 3.8) is 0 Å². The van der Waals surface area contributed by atoms with E-state index in [-0.39, 0.29) is 0 Å². The molecule has 3 heteroatoms. The first-order chi connectivity index (χ1) is 12.3. The summed E-state index contributed by atoms with van der Waals surface area (Å²) in [5.41, 5.74) is 5.17. The van der Waals surface area contributed by atoms with Crippen molar-refractivity contribution >= 4 is 45.9 Å². The molecule has 0 N–H and O–H groups in total. The highest BCUT2D eigenvalue weighted by Crippen LogP contribution is 2.33. The van der Waals surface area contributed by atoms with E-state index in [2.05, 4.69) is 80.6 Å².